The van der Waals surface area contributed by atoms with Crippen LogP contribution in [0, 0.1) is 17.2 Å². The summed E-state index contributed by atoms with van der Waals surface area (Å²) in [5.41, 5.74) is 2.92. The van der Waals surface area contributed by atoms with E-state index < -0.39 is 17.3 Å². The van der Waals surface area contributed by atoms with E-state index in [1.807, 2.05) is 36.4 Å². The van der Waals surface area contributed by atoms with Gasteiger partial charge in [-0.3, -0.25) is 0 Å². The number of anilines is 1. The normalized spacial score (nSPS) is 24.6. The molecule has 4 unspecified atom stereocenters. The molecule has 2 aromatic carbocycles. The van der Waals surface area contributed by atoms with Crippen LogP contribution in [-0.2, 0) is 23.8 Å². The molecule has 9 heteroatoms. The predicted molar refractivity (Wildman–Crippen MR) is 115 cm³/mol. The Hall–Kier alpha value is -2.57. The van der Waals surface area contributed by atoms with Gasteiger partial charge in [-0.2, -0.15) is 5.26 Å². The zero-order valence-electron chi connectivity index (χ0n) is 17.8. The Bertz CT molecular complexity index is 1040. The molecule has 0 radical (unpaired) electrons. The first-order valence-corrected chi connectivity index (χ1v) is 11.6. The Morgan fingerprint density at radius 1 is 1.06 bits per heavy atom. The van der Waals surface area contributed by atoms with Crippen LogP contribution in [0.3, 0.4) is 0 Å². The fourth-order valence-corrected chi connectivity index (χ4v) is 6.33. The van der Waals surface area contributed by atoms with Crippen molar-refractivity contribution in [2.24, 2.45) is 5.92 Å². The number of fused-ring (bicyclic) bond motifs is 1. The summed E-state index contributed by atoms with van der Waals surface area (Å²) in [6, 6.07) is 13.9. The first-order valence-electron chi connectivity index (χ1n) is 10.5. The second-order valence-corrected chi connectivity index (χ2v) is 9.74. The summed E-state index contributed by atoms with van der Waals surface area (Å²) < 4.78 is 56.7. The molecular formula is C23H24F3N3O2S. The molecule has 2 aromatic rings. The van der Waals surface area contributed by atoms with E-state index in [9.17, 15) is 22.6 Å². The third-order valence-electron chi connectivity index (χ3n) is 5.98. The van der Waals surface area contributed by atoms with Crippen LogP contribution in [0.15, 0.2) is 47.4 Å². The second-order valence-electron chi connectivity index (χ2n) is 8.38. The summed E-state index contributed by atoms with van der Waals surface area (Å²) in [6.07, 6.45) is -3.39. The molecule has 1 aliphatic heterocycles. The number of benzene rings is 2. The van der Waals surface area contributed by atoms with Crippen molar-refractivity contribution in [2.45, 2.75) is 50.0 Å². The highest BCUT2D eigenvalue weighted by Crippen LogP contribution is 2.34. The number of hydrogen-bond acceptors (Lipinski definition) is 4. The third kappa shape index (κ3) is 4.62. The average molecular weight is 464 g/mol. The Morgan fingerprint density at radius 2 is 1.72 bits per heavy atom. The maximum atomic E-state index is 13.6. The maximum Gasteiger partial charge on any atom is 0.573 e. The largest absolute Gasteiger partial charge is 0.573 e. The van der Waals surface area contributed by atoms with Gasteiger partial charge in [-0.05, 0) is 68.1 Å². The van der Waals surface area contributed by atoms with Crippen LogP contribution in [0.1, 0.15) is 25.0 Å². The number of alkyl halides is 3. The molecule has 0 bridgehead atoms. The highest BCUT2D eigenvalue weighted by atomic mass is 32.2. The van der Waals surface area contributed by atoms with Gasteiger partial charge in [0, 0.05) is 30.9 Å². The van der Waals surface area contributed by atoms with Gasteiger partial charge in [0.1, 0.15) is 16.7 Å². The lowest BCUT2D eigenvalue weighted by molar-refractivity contribution is -0.274. The number of rotatable bonds is 4. The third-order valence-corrected chi connectivity index (χ3v) is 7.84. The Kier molecular flexibility index (Phi) is 6.19. The summed E-state index contributed by atoms with van der Waals surface area (Å²) in [6.45, 7) is 5.18. The van der Waals surface area contributed by atoms with Crippen LogP contribution in [0.2, 0.25) is 0 Å². The van der Waals surface area contributed by atoms with Crippen molar-refractivity contribution >= 4 is 16.7 Å². The summed E-state index contributed by atoms with van der Waals surface area (Å²) in [7, 11) is -1.36. The van der Waals surface area contributed by atoms with Gasteiger partial charge >= 0.3 is 6.36 Å². The molecule has 2 aliphatic rings. The lowest BCUT2D eigenvalue weighted by atomic mass is 10.1. The van der Waals surface area contributed by atoms with E-state index in [1.165, 1.54) is 12.1 Å². The van der Waals surface area contributed by atoms with Crippen molar-refractivity contribution in [3.63, 3.8) is 0 Å². The van der Waals surface area contributed by atoms with Gasteiger partial charge in [0.25, 0.3) is 0 Å². The molecule has 170 valence electrons. The van der Waals surface area contributed by atoms with Gasteiger partial charge in [0.2, 0.25) is 0 Å². The summed E-state index contributed by atoms with van der Waals surface area (Å²) in [5, 5.41) is 9.31. The summed E-state index contributed by atoms with van der Waals surface area (Å²) in [5.74, 6) is -0.324. The van der Waals surface area contributed by atoms with E-state index >= 15 is 0 Å². The Labute approximate surface area is 188 Å². The van der Waals surface area contributed by atoms with E-state index in [2.05, 4.69) is 15.7 Å². The van der Waals surface area contributed by atoms with E-state index in [4.69, 9.17) is 0 Å². The molecule has 5 nitrogen and oxygen atoms in total. The number of ether oxygens (including phenoxy) is 1. The minimum Gasteiger partial charge on any atom is -0.406 e. The van der Waals surface area contributed by atoms with Crippen LogP contribution >= 0.6 is 0 Å². The van der Waals surface area contributed by atoms with E-state index in [1.54, 1.807) is 12.1 Å². The van der Waals surface area contributed by atoms with Gasteiger partial charge in [-0.1, -0.05) is 12.1 Å². The number of halogens is 3. The van der Waals surface area contributed by atoms with E-state index in [-0.39, 0.29) is 23.8 Å². The van der Waals surface area contributed by atoms with Crippen LogP contribution in [-0.4, -0.2) is 40.0 Å². The number of nitriles is 1. The molecule has 0 amide bonds. The molecule has 1 saturated heterocycles. The molecule has 0 N–H and O–H groups in total. The first kappa shape index (κ1) is 22.6. The van der Waals surface area contributed by atoms with Crippen molar-refractivity contribution in [1.82, 2.24) is 4.31 Å². The molecule has 4 atom stereocenters. The summed E-state index contributed by atoms with van der Waals surface area (Å²) in [4.78, 5) is 2.86. The molecule has 0 aromatic heterocycles. The zero-order chi connectivity index (χ0) is 23.0. The Morgan fingerprint density at radius 3 is 2.31 bits per heavy atom. The lowest BCUT2D eigenvalue weighted by Crippen LogP contribution is -2.57. The fraction of sp³-hybridized carbons (Fsp3) is 0.435. The van der Waals surface area contributed by atoms with Crippen LogP contribution in [0.4, 0.5) is 18.9 Å². The van der Waals surface area contributed by atoms with Crippen molar-refractivity contribution in [3.05, 3.63) is 53.6 Å². The van der Waals surface area contributed by atoms with Crippen molar-refractivity contribution < 1.29 is 22.1 Å². The zero-order valence-corrected chi connectivity index (χ0v) is 18.6. The first-order chi connectivity index (χ1) is 15.2. The molecule has 0 spiro atoms. The quantitative estimate of drug-likeness (QED) is 0.673. The topological polar surface area (TPSA) is 56.6 Å². The maximum absolute atomic E-state index is 13.6. The second kappa shape index (κ2) is 8.75. The van der Waals surface area contributed by atoms with E-state index in [0.717, 1.165) is 21.7 Å². The average Bonchev–Trinajstić information content (AvgIpc) is 3.16. The van der Waals surface area contributed by atoms with Crippen molar-refractivity contribution in [3.8, 4) is 11.8 Å². The van der Waals surface area contributed by atoms with Crippen molar-refractivity contribution in [2.75, 3.05) is 18.0 Å². The Balaban J connectivity index is 1.49. The predicted octanol–water partition coefficient (Wildman–Crippen LogP) is 4.45. The number of piperazine rings is 1. The highest BCUT2D eigenvalue weighted by Gasteiger charge is 2.36. The SMILES string of the molecule is CC1CN(c2ccc(OC(F)(F)F)cc2)CC(C)N1S(=O)c1cccc2c1CC(C#N)C2. The van der Waals surface area contributed by atoms with Crippen LogP contribution < -0.4 is 9.64 Å². The molecule has 1 heterocycles. The van der Waals surface area contributed by atoms with Gasteiger partial charge in [-0.25, -0.2) is 8.51 Å². The van der Waals surface area contributed by atoms with Crippen molar-refractivity contribution in [1.29, 1.82) is 5.26 Å². The van der Waals surface area contributed by atoms with E-state index in [0.29, 0.717) is 25.9 Å². The number of hydrogen-bond donors (Lipinski definition) is 0. The molecule has 0 saturated carbocycles. The molecule has 32 heavy (non-hydrogen) atoms. The monoisotopic (exact) mass is 463 g/mol. The summed E-state index contributed by atoms with van der Waals surface area (Å²) >= 11 is 0. The van der Waals surface area contributed by atoms with Gasteiger partial charge < -0.3 is 9.64 Å². The highest BCUT2D eigenvalue weighted by molar-refractivity contribution is 7.82. The fourth-order valence-electron chi connectivity index (χ4n) is 4.69. The standard InChI is InChI=1S/C23H24F3N3O2S/c1-15-13-28(19-6-8-20(9-7-19)31-23(24,25)26)14-16(2)29(15)32(30)22-5-3-4-18-10-17(12-27)11-21(18)22/h3-9,15-17H,10-11,13-14H2,1-2H3. The van der Waals surface area contributed by atoms with Gasteiger partial charge in [0.15, 0.2) is 0 Å². The molecule has 1 aliphatic carbocycles. The minimum absolute atomic E-state index is 0.0466. The molecule has 1 fully saturated rings. The molecular weight excluding hydrogens is 439 g/mol. The lowest BCUT2D eigenvalue weighted by Gasteiger charge is -2.44. The van der Waals surface area contributed by atoms with Gasteiger partial charge in [0.05, 0.1) is 16.9 Å². The van der Waals surface area contributed by atoms with Gasteiger partial charge in [-0.15, -0.1) is 13.2 Å². The van der Waals surface area contributed by atoms with Crippen LogP contribution in [0.5, 0.6) is 5.75 Å². The molecule has 4 rings (SSSR count). The minimum atomic E-state index is -4.72. The van der Waals surface area contributed by atoms with Crippen LogP contribution in [0.25, 0.3) is 0 Å². The number of nitrogens with zero attached hydrogens (tertiary/aromatic N) is 3. The smallest absolute Gasteiger partial charge is 0.406 e.